The third kappa shape index (κ3) is 3.08. The van der Waals surface area contributed by atoms with E-state index in [9.17, 15) is 4.79 Å². The van der Waals surface area contributed by atoms with Gasteiger partial charge in [-0.25, -0.2) is 5.43 Å². The largest absolute Gasteiger partial charge is 0.497 e. The lowest BCUT2D eigenvalue weighted by Crippen LogP contribution is -2.40. The quantitative estimate of drug-likeness (QED) is 0.627. The van der Waals surface area contributed by atoms with E-state index >= 15 is 0 Å². The maximum absolute atomic E-state index is 11.6. The second-order valence-corrected chi connectivity index (χ2v) is 3.32. The van der Waals surface area contributed by atoms with Gasteiger partial charge in [0.2, 0.25) is 0 Å². The van der Waals surface area contributed by atoms with Gasteiger partial charge in [-0.2, -0.15) is 0 Å². The Balaban J connectivity index is 3.04. The minimum Gasteiger partial charge on any atom is -0.497 e. The standard InChI is InChI=1S/C11H17N3O3/c1-13-14-11(15)10(12)8-6-7(16-2)4-5-9(8)17-3/h4-6,10,13H,12H2,1-3H3,(H,14,15). The Morgan fingerprint density at radius 3 is 2.59 bits per heavy atom. The SMILES string of the molecule is CNNC(=O)C(N)c1cc(OC)ccc1OC. The first kappa shape index (κ1) is 13.3. The molecule has 1 amide bonds. The number of amides is 1. The van der Waals surface area contributed by atoms with Crippen LogP contribution < -0.4 is 26.1 Å². The Bertz CT molecular complexity index is 396. The van der Waals surface area contributed by atoms with Gasteiger partial charge in [-0.05, 0) is 18.2 Å². The van der Waals surface area contributed by atoms with E-state index in [4.69, 9.17) is 15.2 Å². The van der Waals surface area contributed by atoms with Crippen LogP contribution in [0.5, 0.6) is 11.5 Å². The molecule has 94 valence electrons. The van der Waals surface area contributed by atoms with Crippen molar-refractivity contribution in [1.29, 1.82) is 0 Å². The van der Waals surface area contributed by atoms with Gasteiger partial charge in [-0.15, -0.1) is 0 Å². The number of nitrogens with one attached hydrogen (secondary N) is 2. The van der Waals surface area contributed by atoms with Crippen molar-refractivity contribution < 1.29 is 14.3 Å². The highest BCUT2D eigenvalue weighted by Gasteiger charge is 2.20. The van der Waals surface area contributed by atoms with E-state index < -0.39 is 6.04 Å². The fourth-order valence-corrected chi connectivity index (χ4v) is 1.42. The number of benzene rings is 1. The van der Waals surface area contributed by atoms with Crippen LogP contribution in [0.4, 0.5) is 0 Å². The van der Waals surface area contributed by atoms with E-state index in [1.807, 2.05) is 0 Å². The third-order valence-electron chi connectivity index (χ3n) is 2.30. The van der Waals surface area contributed by atoms with Crippen molar-refractivity contribution in [2.24, 2.45) is 5.73 Å². The fourth-order valence-electron chi connectivity index (χ4n) is 1.42. The predicted octanol–water partition coefficient (Wildman–Crippen LogP) is -0.0458. The van der Waals surface area contributed by atoms with Crippen LogP contribution in [0.2, 0.25) is 0 Å². The third-order valence-corrected chi connectivity index (χ3v) is 2.30. The molecule has 0 heterocycles. The number of carbonyl (C=O) groups excluding carboxylic acids is 1. The van der Waals surface area contributed by atoms with Crippen LogP contribution in [0.1, 0.15) is 11.6 Å². The molecule has 6 heteroatoms. The zero-order chi connectivity index (χ0) is 12.8. The summed E-state index contributed by atoms with van der Waals surface area (Å²) in [5.41, 5.74) is 11.4. The van der Waals surface area contributed by atoms with Gasteiger partial charge in [-0.3, -0.25) is 10.2 Å². The van der Waals surface area contributed by atoms with Crippen molar-refractivity contribution in [2.75, 3.05) is 21.3 Å². The Kier molecular flexibility index (Phi) is 4.74. The van der Waals surface area contributed by atoms with Gasteiger partial charge in [0.1, 0.15) is 17.5 Å². The summed E-state index contributed by atoms with van der Waals surface area (Å²) < 4.78 is 10.2. The number of carbonyl (C=O) groups is 1. The van der Waals surface area contributed by atoms with Gasteiger partial charge in [0, 0.05) is 12.6 Å². The molecule has 4 N–H and O–H groups in total. The van der Waals surface area contributed by atoms with E-state index in [1.165, 1.54) is 7.11 Å². The molecule has 6 nitrogen and oxygen atoms in total. The first-order valence-electron chi connectivity index (χ1n) is 5.08. The van der Waals surface area contributed by atoms with Crippen molar-refractivity contribution in [3.8, 4) is 11.5 Å². The van der Waals surface area contributed by atoms with Crippen LogP contribution in [0.3, 0.4) is 0 Å². The molecule has 17 heavy (non-hydrogen) atoms. The normalized spacial score (nSPS) is 11.8. The maximum Gasteiger partial charge on any atom is 0.255 e. The molecule has 0 aliphatic heterocycles. The van der Waals surface area contributed by atoms with Gasteiger partial charge in [-0.1, -0.05) is 0 Å². The lowest BCUT2D eigenvalue weighted by Gasteiger charge is -2.16. The van der Waals surface area contributed by atoms with Crippen LogP contribution in [-0.2, 0) is 4.79 Å². The molecule has 0 aliphatic carbocycles. The molecular formula is C11H17N3O3. The maximum atomic E-state index is 11.6. The highest BCUT2D eigenvalue weighted by atomic mass is 16.5. The van der Waals surface area contributed by atoms with Gasteiger partial charge >= 0.3 is 0 Å². The van der Waals surface area contributed by atoms with Crippen molar-refractivity contribution in [1.82, 2.24) is 10.9 Å². The van der Waals surface area contributed by atoms with E-state index in [0.29, 0.717) is 17.1 Å². The molecule has 1 aromatic rings. The zero-order valence-electron chi connectivity index (χ0n) is 10.1. The van der Waals surface area contributed by atoms with E-state index in [-0.39, 0.29) is 5.91 Å². The molecule has 1 aromatic carbocycles. The minimum absolute atomic E-state index is 0.348. The summed E-state index contributed by atoms with van der Waals surface area (Å²) in [6.45, 7) is 0. The smallest absolute Gasteiger partial charge is 0.255 e. The molecule has 0 saturated heterocycles. The molecule has 1 atom stereocenters. The summed E-state index contributed by atoms with van der Waals surface area (Å²) in [7, 11) is 4.66. The molecule has 0 spiro atoms. The molecular weight excluding hydrogens is 222 g/mol. The van der Waals surface area contributed by atoms with Gasteiger partial charge < -0.3 is 15.2 Å². The van der Waals surface area contributed by atoms with Crippen molar-refractivity contribution >= 4 is 5.91 Å². The first-order chi connectivity index (χ1) is 8.13. The topological polar surface area (TPSA) is 85.6 Å². The second-order valence-electron chi connectivity index (χ2n) is 3.32. The molecule has 0 saturated carbocycles. The van der Waals surface area contributed by atoms with E-state index in [0.717, 1.165) is 0 Å². The van der Waals surface area contributed by atoms with Crippen LogP contribution in [0.25, 0.3) is 0 Å². The molecule has 0 aromatic heterocycles. The molecule has 1 unspecified atom stereocenters. The number of hydrazine groups is 1. The van der Waals surface area contributed by atoms with Crippen LogP contribution >= 0.6 is 0 Å². The Morgan fingerprint density at radius 2 is 2.06 bits per heavy atom. The van der Waals surface area contributed by atoms with Crippen LogP contribution in [-0.4, -0.2) is 27.2 Å². The molecule has 0 fully saturated rings. The average molecular weight is 239 g/mol. The summed E-state index contributed by atoms with van der Waals surface area (Å²) >= 11 is 0. The van der Waals surface area contributed by atoms with Crippen molar-refractivity contribution in [3.63, 3.8) is 0 Å². The summed E-state index contributed by atoms with van der Waals surface area (Å²) in [5.74, 6) is 0.817. The molecule has 0 bridgehead atoms. The number of methoxy groups -OCH3 is 2. The second kappa shape index (κ2) is 6.07. The molecule has 0 aliphatic rings. The number of rotatable bonds is 5. The van der Waals surface area contributed by atoms with Gasteiger partial charge in [0.15, 0.2) is 0 Å². The number of ether oxygens (including phenoxy) is 2. The fraction of sp³-hybridized carbons (Fsp3) is 0.364. The van der Waals surface area contributed by atoms with E-state index in [1.54, 1.807) is 32.4 Å². The predicted molar refractivity (Wildman–Crippen MR) is 63.7 cm³/mol. The Labute approximate surface area is 100 Å². The number of hydrogen-bond acceptors (Lipinski definition) is 5. The molecule has 0 radical (unpaired) electrons. The Hall–Kier alpha value is -1.79. The average Bonchev–Trinajstić information content (AvgIpc) is 2.37. The van der Waals surface area contributed by atoms with Crippen LogP contribution in [0, 0.1) is 0 Å². The van der Waals surface area contributed by atoms with E-state index in [2.05, 4.69) is 10.9 Å². The summed E-state index contributed by atoms with van der Waals surface area (Å²) in [5, 5.41) is 0. The highest BCUT2D eigenvalue weighted by Crippen LogP contribution is 2.28. The lowest BCUT2D eigenvalue weighted by molar-refractivity contribution is -0.123. The summed E-state index contributed by atoms with van der Waals surface area (Å²) in [4.78, 5) is 11.6. The van der Waals surface area contributed by atoms with Gasteiger partial charge in [0.05, 0.1) is 14.2 Å². The van der Waals surface area contributed by atoms with Gasteiger partial charge in [0.25, 0.3) is 5.91 Å². The van der Waals surface area contributed by atoms with Crippen molar-refractivity contribution in [2.45, 2.75) is 6.04 Å². The Morgan fingerprint density at radius 1 is 1.35 bits per heavy atom. The zero-order valence-corrected chi connectivity index (χ0v) is 10.1. The van der Waals surface area contributed by atoms with Crippen molar-refractivity contribution in [3.05, 3.63) is 23.8 Å². The first-order valence-corrected chi connectivity index (χ1v) is 5.08. The number of nitrogens with two attached hydrogens (primary N) is 1. The minimum atomic E-state index is -0.826. The number of hydrogen-bond donors (Lipinski definition) is 3. The molecule has 1 rings (SSSR count). The summed E-state index contributed by atoms with van der Waals surface area (Å²) in [6, 6.07) is 4.30. The lowest BCUT2D eigenvalue weighted by atomic mass is 10.1. The van der Waals surface area contributed by atoms with Crippen LogP contribution in [0.15, 0.2) is 18.2 Å². The summed E-state index contributed by atoms with van der Waals surface area (Å²) in [6.07, 6.45) is 0. The monoisotopic (exact) mass is 239 g/mol. The highest BCUT2D eigenvalue weighted by molar-refractivity contribution is 5.83.